The second kappa shape index (κ2) is 5.50. The van der Waals surface area contributed by atoms with Gasteiger partial charge in [-0.25, -0.2) is 4.79 Å². The zero-order valence-corrected chi connectivity index (χ0v) is 9.87. The van der Waals surface area contributed by atoms with E-state index in [0.29, 0.717) is 6.04 Å². The van der Waals surface area contributed by atoms with Gasteiger partial charge in [0.05, 0.1) is 13.2 Å². The molecule has 92 valence electrons. The highest BCUT2D eigenvalue weighted by atomic mass is 16.5. The highest BCUT2D eigenvalue weighted by molar-refractivity contribution is 5.74. The Morgan fingerprint density at radius 2 is 2.12 bits per heavy atom. The molecule has 2 aliphatic rings. The van der Waals surface area contributed by atoms with Crippen LogP contribution in [0.2, 0.25) is 0 Å². The van der Waals surface area contributed by atoms with E-state index < -0.39 is 0 Å². The quantitative estimate of drug-likeness (QED) is 0.720. The molecule has 1 saturated carbocycles. The molecular formula is C11H21N3O2. The average Bonchev–Trinajstić information content (AvgIpc) is 3.02. The van der Waals surface area contributed by atoms with Crippen LogP contribution in [0.1, 0.15) is 19.8 Å². The molecular weight excluding hydrogens is 206 g/mol. The van der Waals surface area contributed by atoms with E-state index in [4.69, 9.17) is 4.74 Å². The third-order valence-electron chi connectivity index (χ3n) is 2.93. The molecule has 5 nitrogen and oxygen atoms in total. The fraction of sp³-hybridized carbons (Fsp3) is 0.909. The predicted molar refractivity (Wildman–Crippen MR) is 61.4 cm³/mol. The molecule has 1 aliphatic carbocycles. The van der Waals surface area contributed by atoms with Crippen molar-refractivity contribution < 1.29 is 9.53 Å². The summed E-state index contributed by atoms with van der Waals surface area (Å²) >= 11 is 0. The van der Waals surface area contributed by atoms with Crippen molar-refractivity contribution >= 4 is 6.03 Å². The first kappa shape index (κ1) is 11.7. The Kier molecular flexibility index (Phi) is 4.01. The molecule has 0 bridgehead atoms. The standard InChI is InChI=1S/C11H21N3O2/c1-9(8-14-4-6-16-7-5-14)12-11(15)13-10-2-3-10/h9-10H,2-8H2,1H3,(H2,12,13,15)/t9-/m1/s1. The van der Waals surface area contributed by atoms with E-state index in [0.717, 1.165) is 45.7 Å². The molecule has 0 radical (unpaired) electrons. The molecule has 0 unspecified atom stereocenters. The molecule has 0 aromatic carbocycles. The Morgan fingerprint density at radius 1 is 1.44 bits per heavy atom. The molecule has 1 aliphatic heterocycles. The van der Waals surface area contributed by atoms with Gasteiger partial charge < -0.3 is 15.4 Å². The van der Waals surface area contributed by atoms with Crippen LogP contribution >= 0.6 is 0 Å². The molecule has 0 aromatic heterocycles. The Hall–Kier alpha value is -0.810. The van der Waals surface area contributed by atoms with Gasteiger partial charge in [-0.2, -0.15) is 0 Å². The number of hydrogen-bond donors (Lipinski definition) is 2. The zero-order valence-electron chi connectivity index (χ0n) is 9.87. The number of urea groups is 1. The lowest BCUT2D eigenvalue weighted by Crippen LogP contribution is -2.48. The summed E-state index contributed by atoms with van der Waals surface area (Å²) in [5, 5.41) is 5.89. The van der Waals surface area contributed by atoms with E-state index in [1.54, 1.807) is 0 Å². The van der Waals surface area contributed by atoms with Crippen molar-refractivity contribution in [3.05, 3.63) is 0 Å². The molecule has 0 aromatic rings. The number of ether oxygens (including phenoxy) is 1. The van der Waals surface area contributed by atoms with Gasteiger partial charge in [0.2, 0.25) is 0 Å². The number of hydrogen-bond acceptors (Lipinski definition) is 3. The van der Waals surface area contributed by atoms with Crippen molar-refractivity contribution in [2.75, 3.05) is 32.8 Å². The van der Waals surface area contributed by atoms with Crippen LogP contribution in [0, 0.1) is 0 Å². The van der Waals surface area contributed by atoms with Crippen LogP contribution in [0.5, 0.6) is 0 Å². The fourth-order valence-electron chi connectivity index (χ4n) is 1.90. The Balaban J connectivity index is 1.61. The lowest BCUT2D eigenvalue weighted by Gasteiger charge is -2.29. The number of amides is 2. The minimum absolute atomic E-state index is 0.0248. The van der Waals surface area contributed by atoms with E-state index in [1.165, 1.54) is 0 Å². The number of rotatable bonds is 4. The molecule has 2 amide bonds. The largest absolute Gasteiger partial charge is 0.379 e. The highest BCUT2D eigenvalue weighted by Crippen LogP contribution is 2.18. The van der Waals surface area contributed by atoms with Crippen LogP contribution in [0.15, 0.2) is 0 Å². The van der Waals surface area contributed by atoms with Gasteiger partial charge in [0.25, 0.3) is 0 Å². The molecule has 1 heterocycles. The van der Waals surface area contributed by atoms with Crippen molar-refractivity contribution in [3.8, 4) is 0 Å². The minimum atomic E-state index is -0.0248. The summed E-state index contributed by atoms with van der Waals surface area (Å²) in [5.41, 5.74) is 0. The van der Waals surface area contributed by atoms with Gasteiger partial charge in [-0.3, -0.25) is 4.90 Å². The van der Waals surface area contributed by atoms with Crippen LogP contribution in [-0.4, -0.2) is 55.9 Å². The summed E-state index contributed by atoms with van der Waals surface area (Å²) in [6.07, 6.45) is 2.26. The number of nitrogens with one attached hydrogen (secondary N) is 2. The van der Waals surface area contributed by atoms with Gasteiger partial charge in [-0.1, -0.05) is 0 Å². The van der Waals surface area contributed by atoms with Crippen LogP contribution in [-0.2, 0) is 4.74 Å². The van der Waals surface area contributed by atoms with E-state index >= 15 is 0 Å². The topological polar surface area (TPSA) is 53.6 Å². The third-order valence-corrected chi connectivity index (χ3v) is 2.93. The maximum atomic E-state index is 11.5. The molecule has 1 atom stereocenters. The molecule has 16 heavy (non-hydrogen) atoms. The lowest BCUT2D eigenvalue weighted by atomic mass is 10.3. The van der Waals surface area contributed by atoms with E-state index in [2.05, 4.69) is 15.5 Å². The Morgan fingerprint density at radius 3 is 2.75 bits per heavy atom. The minimum Gasteiger partial charge on any atom is -0.379 e. The van der Waals surface area contributed by atoms with Crippen molar-refractivity contribution in [1.82, 2.24) is 15.5 Å². The van der Waals surface area contributed by atoms with Crippen LogP contribution < -0.4 is 10.6 Å². The molecule has 5 heteroatoms. The summed E-state index contributed by atoms with van der Waals surface area (Å²) in [6, 6.07) is 0.593. The highest BCUT2D eigenvalue weighted by Gasteiger charge is 2.24. The van der Waals surface area contributed by atoms with Crippen LogP contribution in [0.25, 0.3) is 0 Å². The van der Waals surface area contributed by atoms with Crippen molar-refractivity contribution in [2.24, 2.45) is 0 Å². The normalized spacial score (nSPS) is 23.8. The average molecular weight is 227 g/mol. The molecule has 2 rings (SSSR count). The van der Waals surface area contributed by atoms with E-state index in [-0.39, 0.29) is 12.1 Å². The maximum absolute atomic E-state index is 11.5. The summed E-state index contributed by atoms with van der Waals surface area (Å²) < 4.78 is 5.28. The maximum Gasteiger partial charge on any atom is 0.315 e. The van der Waals surface area contributed by atoms with E-state index in [1.807, 2.05) is 6.92 Å². The summed E-state index contributed by atoms with van der Waals surface area (Å²) in [6.45, 7) is 6.50. The first-order chi connectivity index (χ1) is 7.74. The van der Waals surface area contributed by atoms with Crippen molar-refractivity contribution in [2.45, 2.75) is 31.8 Å². The smallest absolute Gasteiger partial charge is 0.315 e. The first-order valence-corrected chi connectivity index (χ1v) is 6.11. The monoisotopic (exact) mass is 227 g/mol. The first-order valence-electron chi connectivity index (χ1n) is 6.11. The molecule has 2 fully saturated rings. The third kappa shape index (κ3) is 3.98. The van der Waals surface area contributed by atoms with Gasteiger partial charge >= 0.3 is 6.03 Å². The SMILES string of the molecule is C[C@H](CN1CCOCC1)NC(=O)NC1CC1. The number of carbonyl (C=O) groups excluding carboxylic acids is 1. The molecule has 2 N–H and O–H groups in total. The lowest BCUT2D eigenvalue weighted by molar-refractivity contribution is 0.0349. The number of nitrogens with zero attached hydrogens (tertiary/aromatic N) is 1. The Labute approximate surface area is 96.5 Å². The second-order valence-corrected chi connectivity index (χ2v) is 4.71. The molecule has 0 spiro atoms. The van der Waals surface area contributed by atoms with Crippen LogP contribution in [0.4, 0.5) is 4.79 Å². The summed E-state index contributed by atoms with van der Waals surface area (Å²) in [5.74, 6) is 0. The zero-order chi connectivity index (χ0) is 11.4. The van der Waals surface area contributed by atoms with Crippen molar-refractivity contribution in [3.63, 3.8) is 0 Å². The second-order valence-electron chi connectivity index (χ2n) is 4.71. The number of morpholine rings is 1. The Bertz CT molecular complexity index is 237. The van der Waals surface area contributed by atoms with Gasteiger partial charge in [0.1, 0.15) is 0 Å². The molecule has 1 saturated heterocycles. The summed E-state index contributed by atoms with van der Waals surface area (Å²) in [4.78, 5) is 13.8. The number of carbonyl (C=O) groups is 1. The van der Waals surface area contributed by atoms with E-state index in [9.17, 15) is 4.79 Å². The predicted octanol–water partition coefficient (Wildman–Crippen LogP) is 0.169. The van der Waals surface area contributed by atoms with Crippen molar-refractivity contribution in [1.29, 1.82) is 0 Å². The van der Waals surface area contributed by atoms with Gasteiger partial charge in [0, 0.05) is 31.7 Å². The van der Waals surface area contributed by atoms with Gasteiger partial charge in [-0.15, -0.1) is 0 Å². The summed E-state index contributed by atoms with van der Waals surface area (Å²) in [7, 11) is 0. The van der Waals surface area contributed by atoms with Crippen LogP contribution in [0.3, 0.4) is 0 Å². The van der Waals surface area contributed by atoms with Gasteiger partial charge in [-0.05, 0) is 19.8 Å². The fourth-order valence-corrected chi connectivity index (χ4v) is 1.90. The van der Waals surface area contributed by atoms with Gasteiger partial charge in [0.15, 0.2) is 0 Å².